The van der Waals surface area contributed by atoms with E-state index in [4.69, 9.17) is 9.47 Å². The van der Waals surface area contributed by atoms with Gasteiger partial charge in [0.25, 0.3) is 5.56 Å². The first-order valence-corrected chi connectivity index (χ1v) is 10.7. The highest BCUT2D eigenvalue weighted by molar-refractivity contribution is 5.90. The second-order valence-electron chi connectivity index (χ2n) is 8.77. The van der Waals surface area contributed by atoms with E-state index >= 15 is 0 Å². The van der Waals surface area contributed by atoms with Crippen molar-refractivity contribution in [2.45, 2.75) is 32.9 Å². The molecule has 33 heavy (non-hydrogen) atoms. The van der Waals surface area contributed by atoms with E-state index in [9.17, 15) is 19.2 Å². The number of ether oxygens (including phenoxy) is 2. The van der Waals surface area contributed by atoms with Crippen LogP contribution in [0.25, 0.3) is 11.1 Å². The Morgan fingerprint density at radius 2 is 1.55 bits per heavy atom. The van der Waals surface area contributed by atoms with Gasteiger partial charge in [-0.05, 0) is 50.6 Å². The van der Waals surface area contributed by atoms with Gasteiger partial charge in [-0.1, -0.05) is 12.1 Å². The predicted molar refractivity (Wildman–Crippen MR) is 122 cm³/mol. The van der Waals surface area contributed by atoms with Crippen molar-refractivity contribution in [3.05, 3.63) is 58.5 Å². The van der Waals surface area contributed by atoms with Crippen molar-refractivity contribution in [2.75, 3.05) is 33.3 Å². The second-order valence-corrected chi connectivity index (χ2v) is 8.77. The minimum atomic E-state index is -0.574. The molecule has 176 valence electrons. The van der Waals surface area contributed by atoms with Crippen LogP contribution in [0.5, 0.6) is 0 Å². The lowest BCUT2D eigenvalue weighted by Gasteiger charge is -2.35. The van der Waals surface area contributed by atoms with Crippen molar-refractivity contribution in [2.24, 2.45) is 0 Å². The molecule has 0 radical (unpaired) electrons. The summed E-state index contributed by atoms with van der Waals surface area (Å²) < 4.78 is 11.4. The number of hydrogen-bond acceptors (Lipinski definition) is 6. The summed E-state index contributed by atoms with van der Waals surface area (Å²) in [5.74, 6) is -0.650. The molecule has 0 aliphatic carbocycles. The van der Waals surface area contributed by atoms with Crippen molar-refractivity contribution < 1.29 is 23.9 Å². The summed E-state index contributed by atoms with van der Waals surface area (Å²) in [5.41, 5.74) is 0.578. The number of nitrogens with zero attached hydrogens (tertiary/aromatic N) is 3. The number of hydrogen-bond donors (Lipinski definition) is 0. The van der Waals surface area contributed by atoms with Crippen LogP contribution in [0, 0.1) is 0 Å². The van der Waals surface area contributed by atoms with Crippen molar-refractivity contribution in [3.8, 4) is 11.1 Å². The number of esters is 1. The summed E-state index contributed by atoms with van der Waals surface area (Å²) in [7, 11) is 1.31. The van der Waals surface area contributed by atoms with Crippen LogP contribution in [0.3, 0.4) is 0 Å². The van der Waals surface area contributed by atoms with Crippen LogP contribution >= 0.6 is 0 Å². The zero-order valence-electron chi connectivity index (χ0n) is 19.4. The summed E-state index contributed by atoms with van der Waals surface area (Å²) in [6.45, 7) is 6.84. The van der Waals surface area contributed by atoms with Crippen molar-refractivity contribution >= 4 is 18.0 Å². The van der Waals surface area contributed by atoms with Crippen LogP contribution < -0.4 is 5.56 Å². The number of carbonyl (C=O) groups is 3. The summed E-state index contributed by atoms with van der Waals surface area (Å²) in [5, 5.41) is 0. The Bertz CT molecular complexity index is 1080. The molecule has 3 rings (SSSR count). The Morgan fingerprint density at radius 1 is 0.939 bits per heavy atom. The van der Waals surface area contributed by atoms with Crippen molar-refractivity contribution in [1.82, 2.24) is 14.4 Å². The van der Waals surface area contributed by atoms with E-state index in [1.807, 2.05) is 20.8 Å². The van der Waals surface area contributed by atoms with Gasteiger partial charge in [-0.25, -0.2) is 9.59 Å². The SMILES string of the molecule is COC(=O)c1ccc(-c2cccn(CC(=O)N3CCN(C(=O)OC(C)(C)C)CC3)c2=O)cc1. The Balaban J connectivity index is 1.65. The Morgan fingerprint density at radius 3 is 2.12 bits per heavy atom. The van der Waals surface area contributed by atoms with Gasteiger partial charge in [-0.15, -0.1) is 0 Å². The molecule has 9 heteroatoms. The summed E-state index contributed by atoms with van der Waals surface area (Å²) in [6, 6.07) is 9.91. The summed E-state index contributed by atoms with van der Waals surface area (Å²) in [4.78, 5) is 52.8. The third-order valence-electron chi connectivity index (χ3n) is 5.23. The number of carbonyl (C=O) groups excluding carboxylic acids is 3. The quantitative estimate of drug-likeness (QED) is 0.657. The fraction of sp³-hybridized carbons (Fsp3) is 0.417. The van der Waals surface area contributed by atoms with E-state index in [1.165, 1.54) is 11.7 Å². The standard InChI is InChI=1S/C24H29N3O6/c1-24(2,3)33-23(31)26-14-12-25(13-15-26)20(28)16-27-11-5-6-19(21(27)29)17-7-9-18(10-8-17)22(30)32-4/h5-11H,12-16H2,1-4H3. The molecule has 1 aromatic heterocycles. The van der Waals surface area contributed by atoms with Crippen LogP contribution in [0.2, 0.25) is 0 Å². The molecular formula is C24H29N3O6. The molecule has 0 saturated carbocycles. The van der Waals surface area contributed by atoms with Crippen molar-refractivity contribution in [1.29, 1.82) is 0 Å². The predicted octanol–water partition coefficient (Wildman–Crippen LogP) is 2.38. The minimum absolute atomic E-state index is 0.0979. The lowest BCUT2D eigenvalue weighted by molar-refractivity contribution is -0.133. The molecule has 1 fully saturated rings. The van der Waals surface area contributed by atoms with Gasteiger partial charge in [0.15, 0.2) is 0 Å². The fourth-order valence-electron chi connectivity index (χ4n) is 3.50. The van der Waals surface area contributed by atoms with Gasteiger partial charge < -0.3 is 23.8 Å². The smallest absolute Gasteiger partial charge is 0.410 e. The van der Waals surface area contributed by atoms with Crippen LogP contribution in [0.1, 0.15) is 31.1 Å². The van der Waals surface area contributed by atoms with E-state index in [0.717, 1.165) is 0 Å². The molecule has 0 bridgehead atoms. The van der Waals surface area contributed by atoms with Crippen LogP contribution in [-0.4, -0.2) is 71.2 Å². The third kappa shape index (κ3) is 6.00. The number of amides is 2. The number of benzene rings is 1. The first kappa shape index (κ1) is 24.0. The maximum Gasteiger partial charge on any atom is 0.410 e. The molecule has 1 aliphatic heterocycles. The average molecular weight is 456 g/mol. The zero-order valence-corrected chi connectivity index (χ0v) is 19.4. The van der Waals surface area contributed by atoms with Gasteiger partial charge in [0.2, 0.25) is 5.91 Å². The molecule has 2 aromatic rings. The van der Waals surface area contributed by atoms with Crippen LogP contribution in [-0.2, 0) is 20.8 Å². The van der Waals surface area contributed by atoms with E-state index in [1.54, 1.807) is 52.4 Å². The highest BCUT2D eigenvalue weighted by Crippen LogP contribution is 2.17. The molecule has 0 atom stereocenters. The van der Waals surface area contributed by atoms with Gasteiger partial charge in [-0.3, -0.25) is 9.59 Å². The third-order valence-corrected chi connectivity index (χ3v) is 5.23. The second kappa shape index (κ2) is 9.89. The van der Waals surface area contributed by atoms with E-state index in [2.05, 4.69) is 0 Å². The maximum atomic E-state index is 13.0. The average Bonchev–Trinajstić information content (AvgIpc) is 2.79. The van der Waals surface area contributed by atoms with Crippen molar-refractivity contribution in [3.63, 3.8) is 0 Å². The molecule has 1 saturated heterocycles. The molecule has 9 nitrogen and oxygen atoms in total. The highest BCUT2D eigenvalue weighted by Gasteiger charge is 2.27. The molecule has 2 heterocycles. The van der Waals surface area contributed by atoms with Gasteiger partial charge in [0.05, 0.1) is 12.7 Å². The van der Waals surface area contributed by atoms with Crippen LogP contribution in [0.4, 0.5) is 4.79 Å². The fourth-order valence-corrected chi connectivity index (χ4v) is 3.50. The highest BCUT2D eigenvalue weighted by atomic mass is 16.6. The Hall–Kier alpha value is -3.62. The lowest BCUT2D eigenvalue weighted by atomic mass is 10.1. The van der Waals surface area contributed by atoms with E-state index < -0.39 is 17.7 Å². The first-order valence-electron chi connectivity index (χ1n) is 10.7. The summed E-state index contributed by atoms with van der Waals surface area (Å²) >= 11 is 0. The maximum absolute atomic E-state index is 13.0. The van der Waals surface area contributed by atoms with Gasteiger partial charge in [0.1, 0.15) is 12.1 Å². The number of piperazine rings is 1. The topological polar surface area (TPSA) is 98.2 Å². The van der Waals surface area contributed by atoms with Gasteiger partial charge in [0, 0.05) is 37.9 Å². The molecule has 0 unspecified atom stereocenters. The monoisotopic (exact) mass is 455 g/mol. The zero-order chi connectivity index (χ0) is 24.2. The Kier molecular flexibility index (Phi) is 7.20. The van der Waals surface area contributed by atoms with Crippen LogP contribution in [0.15, 0.2) is 47.4 Å². The molecule has 1 aliphatic rings. The van der Waals surface area contributed by atoms with Gasteiger partial charge >= 0.3 is 12.1 Å². The first-order chi connectivity index (χ1) is 15.6. The molecular weight excluding hydrogens is 426 g/mol. The summed E-state index contributed by atoms with van der Waals surface area (Å²) in [6.07, 6.45) is 1.18. The Labute approximate surface area is 192 Å². The molecule has 2 amide bonds. The van der Waals surface area contributed by atoms with E-state index in [0.29, 0.717) is 42.9 Å². The largest absolute Gasteiger partial charge is 0.465 e. The normalized spacial score (nSPS) is 14.1. The minimum Gasteiger partial charge on any atom is -0.465 e. The number of methoxy groups -OCH3 is 1. The molecule has 1 aromatic carbocycles. The number of rotatable bonds is 4. The molecule has 0 N–H and O–H groups in total. The number of pyridine rings is 1. The lowest BCUT2D eigenvalue weighted by Crippen LogP contribution is -2.52. The number of aromatic nitrogens is 1. The van der Waals surface area contributed by atoms with E-state index in [-0.39, 0.29) is 18.0 Å². The molecule has 0 spiro atoms. The van der Waals surface area contributed by atoms with Gasteiger partial charge in [-0.2, -0.15) is 0 Å².